The number of halogens is 2. The predicted molar refractivity (Wildman–Crippen MR) is 86.9 cm³/mol. The third kappa shape index (κ3) is 2.34. The minimum absolute atomic E-state index is 0.351. The van der Waals surface area contributed by atoms with Crippen LogP contribution in [-0.4, -0.2) is 64.9 Å². The zero-order chi connectivity index (χ0) is 15.3. The number of aromatic nitrogens is 3. The largest absolute Gasteiger partial charge is 0.378 e. The van der Waals surface area contributed by atoms with Gasteiger partial charge in [-0.3, -0.25) is 4.90 Å². The second kappa shape index (κ2) is 5.53. The molecule has 0 amide bonds. The van der Waals surface area contributed by atoms with Crippen LogP contribution in [0.1, 0.15) is 0 Å². The minimum Gasteiger partial charge on any atom is -0.378 e. The predicted octanol–water partition coefficient (Wildman–Crippen LogP) is 1.80. The number of hydrogen-bond donors (Lipinski definition) is 0. The van der Waals surface area contributed by atoms with Crippen molar-refractivity contribution in [2.24, 2.45) is 7.05 Å². The van der Waals surface area contributed by atoms with Gasteiger partial charge >= 0.3 is 0 Å². The fraction of sp³-hybridized carbons (Fsp3) is 0.571. The molecule has 6 nitrogen and oxygen atoms in total. The van der Waals surface area contributed by atoms with Gasteiger partial charge in [0.25, 0.3) is 0 Å². The van der Waals surface area contributed by atoms with Gasteiger partial charge in [-0.05, 0) is 0 Å². The summed E-state index contributed by atoms with van der Waals surface area (Å²) < 4.78 is 7.64. The molecule has 2 aromatic rings. The van der Waals surface area contributed by atoms with Crippen molar-refractivity contribution in [3.05, 3.63) is 16.4 Å². The molecule has 0 saturated carbocycles. The first-order valence-corrected chi connectivity index (χ1v) is 8.14. The van der Waals surface area contributed by atoms with Crippen LogP contribution in [0.3, 0.4) is 0 Å². The maximum absolute atomic E-state index is 6.18. The number of imidazole rings is 1. The van der Waals surface area contributed by atoms with Gasteiger partial charge in [0.05, 0.1) is 24.8 Å². The van der Waals surface area contributed by atoms with E-state index in [0.717, 1.165) is 50.9 Å². The molecule has 118 valence electrons. The molecule has 22 heavy (non-hydrogen) atoms. The van der Waals surface area contributed by atoms with Gasteiger partial charge in [0.2, 0.25) is 5.95 Å². The van der Waals surface area contributed by atoms with Crippen LogP contribution in [0, 0.1) is 0 Å². The topological polar surface area (TPSA) is 46.4 Å². The Labute approximate surface area is 138 Å². The minimum atomic E-state index is 0.351. The highest BCUT2D eigenvalue weighted by Gasteiger charge is 2.31. The van der Waals surface area contributed by atoms with Gasteiger partial charge in [-0.25, -0.2) is 9.97 Å². The van der Waals surface area contributed by atoms with Crippen molar-refractivity contribution in [1.29, 1.82) is 0 Å². The Bertz CT molecular complexity index is 719. The third-order valence-corrected chi connectivity index (χ3v) is 4.95. The summed E-state index contributed by atoms with van der Waals surface area (Å²) in [6.07, 6.45) is 0. The van der Waals surface area contributed by atoms with Gasteiger partial charge in [0.1, 0.15) is 10.7 Å². The van der Waals surface area contributed by atoms with Gasteiger partial charge in [0, 0.05) is 39.3 Å². The van der Waals surface area contributed by atoms with E-state index in [4.69, 9.17) is 32.9 Å². The lowest BCUT2D eigenvalue weighted by molar-refractivity contribution is -0.0119. The van der Waals surface area contributed by atoms with Crippen molar-refractivity contribution in [1.82, 2.24) is 19.4 Å². The van der Waals surface area contributed by atoms with E-state index in [0.29, 0.717) is 21.9 Å². The van der Waals surface area contributed by atoms with E-state index in [1.807, 2.05) is 11.6 Å². The number of piperazine rings is 1. The Morgan fingerprint density at radius 2 is 2.09 bits per heavy atom. The number of aryl methyl sites for hydroxylation is 1. The first kappa shape index (κ1) is 14.5. The lowest BCUT2D eigenvalue weighted by Gasteiger charge is -2.43. The highest BCUT2D eigenvalue weighted by molar-refractivity contribution is 6.36. The molecule has 4 heterocycles. The van der Waals surface area contributed by atoms with Crippen molar-refractivity contribution in [3.8, 4) is 0 Å². The average Bonchev–Trinajstić information content (AvgIpc) is 2.84. The number of anilines is 1. The molecule has 0 spiro atoms. The molecule has 0 bridgehead atoms. The van der Waals surface area contributed by atoms with Crippen LogP contribution in [0.2, 0.25) is 10.3 Å². The molecule has 1 atom stereocenters. The molecule has 2 saturated heterocycles. The number of morpholine rings is 1. The highest BCUT2D eigenvalue weighted by Crippen LogP contribution is 2.29. The number of pyridine rings is 1. The molecule has 8 heteroatoms. The van der Waals surface area contributed by atoms with Crippen LogP contribution in [0.5, 0.6) is 0 Å². The average molecular weight is 342 g/mol. The number of hydrogen-bond acceptors (Lipinski definition) is 5. The van der Waals surface area contributed by atoms with Crippen LogP contribution >= 0.6 is 23.2 Å². The van der Waals surface area contributed by atoms with Crippen LogP contribution in [0.15, 0.2) is 6.07 Å². The Morgan fingerprint density at radius 1 is 1.23 bits per heavy atom. The van der Waals surface area contributed by atoms with Gasteiger partial charge in [-0.1, -0.05) is 23.2 Å². The smallest absolute Gasteiger partial charge is 0.206 e. The van der Waals surface area contributed by atoms with E-state index in [1.54, 1.807) is 6.07 Å². The molecule has 2 aliphatic rings. The Hall–Kier alpha value is -1.08. The van der Waals surface area contributed by atoms with Crippen molar-refractivity contribution < 1.29 is 4.74 Å². The van der Waals surface area contributed by atoms with E-state index in [-0.39, 0.29) is 0 Å². The van der Waals surface area contributed by atoms with E-state index in [2.05, 4.69) is 14.8 Å². The molecule has 0 unspecified atom stereocenters. The summed E-state index contributed by atoms with van der Waals surface area (Å²) in [4.78, 5) is 13.6. The van der Waals surface area contributed by atoms with E-state index in [9.17, 15) is 0 Å². The van der Waals surface area contributed by atoms with Gasteiger partial charge in [-0.15, -0.1) is 0 Å². The Morgan fingerprint density at radius 3 is 2.95 bits per heavy atom. The molecule has 0 aliphatic carbocycles. The first-order valence-electron chi connectivity index (χ1n) is 7.38. The van der Waals surface area contributed by atoms with E-state index >= 15 is 0 Å². The summed E-state index contributed by atoms with van der Waals surface area (Å²) in [5.41, 5.74) is 1.60. The molecule has 2 fully saturated rings. The Kier molecular flexibility index (Phi) is 3.64. The quantitative estimate of drug-likeness (QED) is 0.740. The third-order valence-electron chi connectivity index (χ3n) is 4.49. The van der Waals surface area contributed by atoms with Crippen molar-refractivity contribution >= 4 is 40.2 Å². The summed E-state index contributed by atoms with van der Waals surface area (Å²) in [7, 11) is 1.99. The molecule has 0 radical (unpaired) electrons. The highest BCUT2D eigenvalue weighted by atomic mass is 35.5. The van der Waals surface area contributed by atoms with Gasteiger partial charge in [0.15, 0.2) is 5.15 Å². The molecule has 2 aromatic heterocycles. The monoisotopic (exact) mass is 341 g/mol. The molecular formula is C14H17Cl2N5O. The molecule has 4 rings (SSSR count). The SMILES string of the molecule is Cn1c(N2CCN3CCOC[C@H]3C2)nc2c(Cl)nc(Cl)cc21. The summed E-state index contributed by atoms with van der Waals surface area (Å²) in [5.74, 6) is 0.909. The fourth-order valence-electron chi connectivity index (χ4n) is 3.32. The summed E-state index contributed by atoms with van der Waals surface area (Å²) in [6, 6.07) is 2.23. The number of nitrogens with zero attached hydrogens (tertiary/aromatic N) is 5. The zero-order valence-electron chi connectivity index (χ0n) is 12.3. The Balaban J connectivity index is 1.69. The van der Waals surface area contributed by atoms with E-state index in [1.165, 1.54) is 0 Å². The first-order chi connectivity index (χ1) is 10.6. The number of rotatable bonds is 1. The molecule has 0 N–H and O–H groups in total. The lowest BCUT2D eigenvalue weighted by atomic mass is 10.1. The maximum Gasteiger partial charge on any atom is 0.206 e. The van der Waals surface area contributed by atoms with E-state index < -0.39 is 0 Å². The second-order valence-electron chi connectivity index (χ2n) is 5.79. The maximum atomic E-state index is 6.18. The summed E-state index contributed by atoms with van der Waals surface area (Å²) in [6.45, 7) is 5.54. The van der Waals surface area contributed by atoms with Crippen molar-refractivity contribution in [3.63, 3.8) is 0 Å². The van der Waals surface area contributed by atoms with Crippen LogP contribution in [-0.2, 0) is 11.8 Å². The summed E-state index contributed by atoms with van der Waals surface area (Å²) in [5, 5.41) is 0.738. The van der Waals surface area contributed by atoms with Crippen LogP contribution < -0.4 is 4.90 Å². The van der Waals surface area contributed by atoms with Gasteiger partial charge < -0.3 is 14.2 Å². The molecular weight excluding hydrogens is 325 g/mol. The summed E-state index contributed by atoms with van der Waals surface area (Å²) >= 11 is 12.2. The van der Waals surface area contributed by atoms with Crippen molar-refractivity contribution in [2.75, 3.05) is 44.3 Å². The normalized spacial score (nSPS) is 23.0. The second-order valence-corrected chi connectivity index (χ2v) is 6.53. The zero-order valence-corrected chi connectivity index (χ0v) is 13.8. The fourth-order valence-corrected chi connectivity index (χ4v) is 3.78. The standard InChI is InChI=1S/C14H17Cl2N5O/c1-19-10-6-11(15)17-13(16)12(10)18-14(19)21-3-2-20-4-5-22-8-9(20)7-21/h6,9H,2-5,7-8H2,1H3/t9-/m1/s1. The number of ether oxygens (including phenoxy) is 1. The molecule has 0 aromatic carbocycles. The van der Waals surface area contributed by atoms with Gasteiger partial charge in [-0.2, -0.15) is 0 Å². The van der Waals surface area contributed by atoms with Crippen LogP contribution in [0.4, 0.5) is 5.95 Å². The number of fused-ring (bicyclic) bond motifs is 2. The van der Waals surface area contributed by atoms with Crippen molar-refractivity contribution in [2.45, 2.75) is 6.04 Å². The molecule has 2 aliphatic heterocycles. The lowest BCUT2D eigenvalue weighted by Crippen LogP contribution is -2.58. The van der Waals surface area contributed by atoms with Crippen LogP contribution in [0.25, 0.3) is 11.0 Å².